The van der Waals surface area contributed by atoms with Gasteiger partial charge in [0.05, 0.1) is 18.8 Å². The minimum atomic E-state index is -5.38. The number of nitrogens with zero attached hydrogens (tertiary/aromatic N) is 3. The van der Waals surface area contributed by atoms with E-state index in [-0.39, 0.29) is 6.54 Å². The molecule has 39 heavy (non-hydrogen) atoms. The van der Waals surface area contributed by atoms with Gasteiger partial charge >= 0.3 is 21.3 Å². The van der Waals surface area contributed by atoms with Crippen molar-refractivity contribution >= 4 is 15.6 Å². The highest BCUT2D eigenvalue weighted by atomic mass is 31.3. The van der Waals surface area contributed by atoms with Gasteiger partial charge in [-0.15, -0.1) is 0 Å². The molecule has 17 heteroatoms. The molecule has 5 atom stereocenters. The van der Waals surface area contributed by atoms with Crippen LogP contribution in [0, 0.1) is 6.92 Å². The van der Waals surface area contributed by atoms with E-state index in [9.17, 15) is 33.8 Å². The molecule has 0 bridgehead atoms. The number of ether oxygens (including phenoxy) is 1. The molecule has 3 unspecified atom stereocenters. The van der Waals surface area contributed by atoms with Crippen molar-refractivity contribution in [2.75, 3.05) is 6.61 Å². The van der Waals surface area contributed by atoms with E-state index in [4.69, 9.17) is 14.5 Å². The lowest BCUT2D eigenvalue weighted by Crippen LogP contribution is -2.43. The Hall–Kier alpha value is -2.81. The van der Waals surface area contributed by atoms with Crippen LogP contribution in [0.1, 0.15) is 17.5 Å². The molecular formula is C22H25N3O12P2. The summed E-state index contributed by atoms with van der Waals surface area (Å²) in [6.07, 6.45) is -3.87. The Balaban J connectivity index is 1.57. The molecule has 1 saturated heterocycles. The average molecular weight is 585 g/mol. The number of aliphatic hydroxyl groups is 2. The maximum Gasteiger partial charge on any atom is 0.481 e. The molecule has 0 aliphatic carbocycles. The van der Waals surface area contributed by atoms with Gasteiger partial charge in [0, 0.05) is 18.5 Å². The zero-order chi connectivity index (χ0) is 28.5. The predicted molar refractivity (Wildman–Crippen MR) is 133 cm³/mol. The number of aryl methyl sites for hydroxylation is 1. The van der Waals surface area contributed by atoms with Crippen LogP contribution in [0.4, 0.5) is 0 Å². The second-order valence-electron chi connectivity index (χ2n) is 8.67. The first-order valence-electron chi connectivity index (χ1n) is 11.3. The Morgan fingerprint density at radius 3 is 2.41 bits per heavy atom. The number of hydrogen-bond acceptors (Lipinski definition) is 10. The van der Waals surface area contributed by atoms with Gasteiger partial charge in [0.1, 0.15) is 18.3 Å². The first-order chi connectivity index (χ1) is 18.3. The Morgan fingerprint density at radius 2 is 1.74 bits per heavy atom. The molecule has 3 aromatic rings. The smallest absolute Gasteiger partial charge is 0.387 e. The maximum atomic E-state index is 13.2. The first-order valence-corrected chi connectivity index (χ1v) is 14.4. The van der Waals surface area contributed by atoms with Gasteiger partial charge in [0.2, 0.25) is 0 Å². The molecule has 0 saturated carbocycles. The lowest BCUT2D eigenvalue weighted by atomic mass is 10.0. The van der Waals surface area contributed by atoms with Crippen molar-refractivity contribution in [1.29, 1.82) is 0 Å². The van der Waals surface area contributed by atoms with E-state index in [0.29, 0.717) is 5.69 Å². The summed E-state index contributed by atoms with van der Waals surface area (Å²) in [7, 11) is -10.6. The van der Waals surface area contributed by atoms with E-state index in [1.165, 1.54) is 0 Å². The number of pyridine rings is 1. The van der Waals surface area contributed by atoms with Crippen LogP contribution in [-0.2, 0) is 29.2 Å². The Labute approximate surface area is 220 Å². The van der Waals surface area contributed by atoms with Crippen molar-refractivity contribution in [1.82, 2.24) is 14.1 Å². The van der Waals surface area contributed by atoms with Gasteiger partial charge in [-0.05, 0) is 29.7 Å². The van der Waals surface area contributed by atoms with Gasteiger partial charge in [0.15, 0.2) is 6.23 Å². The third-order valence-electron chi connectivity index (χ3n) is 5.88. The third kappa shape index (κ3) is 6.86. The SMILES string of the molecule is Cc1cnc(Cn2c(=O)ccn([C@@H]3O[C@H](COP(=O)(O)OP(=O)(O)O)C(O)C3O)c2=O)cc1-c1ccccc1. The van der Waals surface area contributed by atoms with Gasteiger partial charge in [-0.3, -0.25) is 23.4 Å². The van der Waals surface area contributed by atoms with Crippen LogP contribution in [0.25, 0.3) is 11.1 Å². The zero-order valence-corrected chi connectivity index (χ0v) is 22.0. The summed E-state index contributed by atoms with van der Waals surface area (Å²) in [6, 6.07) is 12.2. The van der Waals surface area contributed by atoms with E-state index in [1.54, 1.807) is 12.3 Å². The average Bonchev–Trinajstić information content (AvgIpc) is 3.14. The molecule has 0 spiro atoms. The van der Waals surface area contributed by atoms with Crippen molar-refractivity contribution in [3.8, 4) is 11.1 Å². The number of aliphatic hydroxyl groups excluding tert-OH is 2. The standard InChI is InChI=1S/C22H25N3O12P2/c1-13-10-23-15(9-16(13)14-5-3-2-4-6-14)11-25-18(26)7-8-24(22(25)29)21-20(28)19(27)17(36-21)12-35-39(33,34)37-38(30,31)32/h2-10,17,19-21,27-28H,11-12H2,1H3,(H,33,34)(H2,30,31,32)/t17-,19?,20?,21-/m1/s1. The highest BCUT2D eigenvalue weighted by Crippen LogP contribution is 2.57. The van der Waals surface area contributed by atoms with Crippen molar-refractivity contribution in [3.63, 3.8) is 0 Å². The van der Waals surface area contributed by atoms with Crippen LogP contribution in [0.2, 0.25) is 0 Å². The first kappa shape index (κ1) is 29.2. The van der Waals surface area contributed by atoms with Crippen LogP contribution >= 0.6 is 15.6 Å². The number of hydrogen-bond donors (Lipinski definition) is 5. The molecule has 5 N–H and O–H groups in total. The molecule has 0 amide bonds. The molecule has 1 aliphatic rings. The topological polar surface area (TPSA) is 220 Å². The minimum Gasteiger partial charge on any atom is -0.387 e. The van der Waals surface area contributed by atoms with Crippen LogP contribution in [-0.4, -0.2) is 63.9 Å². The van der Waals surface area contributed by atoms with E-state index in [0.717, 1.165) is 38.1 Å². The summed E-state index contributed by atoms with van der Waals surface area (Å²) >= 11 is 0. The molecule has 4 rings (SSSR count). The fourth-order valence-electron chi connectivity index (χ4n) is 4.04. The fraction of sp³-hybridized carbons (Fsp3) is 0.318. The quantitative estimate of drug-likeness (QED) is 0.213. The molecule has 1 fully saturated rings. The summed E-state index contributed by atoms with van der Waals surface area (Å²) in [5, 5.41) is 20.8. The largest absolute Gasteiger partial charge is 0.481 e. The van der Waals surface area contributed by atoms with Crippen LogP contribution in [0.15, 0.2) is 64.4 Å². The van der Waals surface area contributed by atoms with Gasteiger partial charge in [0.25, 0.3) is 5.56 Å². The van der Waals surface area contributed by atoms with Gasteiger partial charge < -0.3 is 29.6 Å². The molecule has 210 valence electrons. The van der Waals surface area contributed by atoms with E-state index >= 15 is 0 Å². The van der Waals surface area contributed by atoms with Crippen molar-refractivity contribution in [2.24, 2.45) is 0 Å². The number of phosphoric acid groups is 2. The molecule has 0 radical (unpaired) electrons. The monoisotopic (exact) mass is 585 g/mol. The molecule has 1 aliphatic heterocycles. The minimum absolute atomic E-state index is 0.218. The lowest BCUT2D eigenvalue weighted by molar-refractivity contribution is -0.0547. The second kappa shape index (κ2) is 11.4. The Kier molecular flexibility index (Phi) is 8.50. The van der Waals surface area contributed by atoms with Gasteiger partial charge in [-0.1, -0.05) is 30.3 Å². The highest BCUT2D eigenvalue weighted by Gasteiger charge is 2.46. The van der Waals surface area contributed by atoms with Crippen molar-refractivity contribution in [2.45, 2.75) is 38.0 Å². The van der Waals surface area contributed by atoms with Crippen LogP contribution < -0.4 is 11.2 Å². The molecule has 15 nitrogen and oxygen atoms in total. The summed E-state index contributed by atoms with van der Waals surface area (Å²) in [5.74, 6) is 0. The van der Waals surface area contributed by atoms with E-state index < -0.39 is 58.0 Å². The molecule has 1 aromatic carbocycles. The third-order valence-corrected chi connectivity index (χ3v) is 8.03. The summed E-state index contributed by atoms with van der Waals surface area (Å²) < 4.78 is 37.8. The van der Waals surface area contributed by atoms with Crippen molar-refractivity contribution < 1.29 is 47.6 Å². The summed E-state index contributed by atoms with van der Waals surface area (Å²) in [5.41, 5.74) is 1.49. The van der Waals surface area contributed by atoms with Crippen molar-refractivity contribution in [3.05, 3.63) is 87.0 Å². The zero-order valence-electron chi connectivity index (χ0n) is 20.2. The molecule has 3 heterocycles. The number of phosphoric ester groups is 1. The normalized spacial score (nSPS) is 23.0. The van der Waals surface area contributed by atoms with Gasteiger partial charge in [-0.25, -0.2) is 13.9 Å². The van der Waals surface area contributed by atoms with Gasteiger partial charge in [-0.2, -0.15) is 4.31 Å². The number of rotatable bonds is 9. The lowest BCUT2D eigenvalue weighted by Gasteiger charge is -2.19. The Bertz CT molecular complexity index is 1550. The van der Waals surface area contributed by atoms with Crippen LogP contribution in [0.3, 0.4) is 0 Å². The number of benzene rings is 1. The van der Waals surface area contributed by atoms with E-state index in [1.807, 2.05) is 37.3 Å². The maximum absolute atomic E-state index is 13.2. The van der Waals surface area contributed by atoms with E-state index in [2.05, 4.69) is 13.8 Å². The molecular weight excluding hydrogens is 560 g/mol. The summed E-state index contributed by atoms with van der Waals surface area (Å²) in [6.45, 7) is 0.718. The summed E-state index contributed by atoms with van der Waals surface area (Å²) in [4.78, 5) is 56.9. The second-order valence-corrected chi connectivity index (χ2v) is 11.5. The fourth-order valence-corrected chi connectivity index (χ4v) is 5.64. The molecule has 2 aromatic heterocycles. The predicted octanol–water partition coefficient (Wildman–Crippen LogP) is 0.274. The number of aromatic nitrogens is 3. The Morgan fingerprint density at radius 1 is 1.05 bits per heavy atom. The van der Waals surface area contributed by atoms with Crippen LogP contribution in [0.5, 0.6) is 0 Å². The highest BCUT2D eigenvalue weighted by molar-refractivity contribution is 7.60.